The number of nitrogens with one attached hydrogen (secondary N) is 2. The molecule has 0 radical (unpaired) electrons. The number of amides is 4. The largest absolute Gasteiger partial charge is 0.342 e. The molecular formula is C19H33N5O3S. The summed E-state index contributed by atoms with van der Waals surface area (Å²) in [6.07, 6.45) is 3.85. The lowest BCUT2D eigenvalue weighted by Gasteiger charge is -2.50. The maximum absolute atomic E-state index is 12.9. The molecular weight excluding hydrogens is 378 g/mol. The molecule has 0 spiro atoms. The highest BCUT2D eigenvalue weighted by atomic mass is 32.2. The van der Waals surface area contributed by atoms with E-state index < -0.39 is 5.92 Å². The number of thioether (sulfide) groups is 1. The Morgan fingerprint density at radius 1 is 1.14 bits per heavy atom. The number of fused-ring (bicyclic) bond motifs is 1. The van der Waals surface area contributed by atoms with Gasteiger partial charge >= 0.3 is 6.03 Å². The van der Waals surface area contributed by atoms with Crippen LogP contribution in [0.4, 0.5) is 4.79 Å². The molecule has 3 rings (SSSR count). The number of carbonyl (C=O) groups is 3. The van der Waals surface area contributed by atoms with Crippen LogP contribution in [0, 0.1) is 11.8 Å². The predicted molar refractivity (Wildman–Crippen MR) is 109 cm³/mol. The summed E-state index contributed by atoms with van der Waals surface area (Å²) in [4.78, 5) is 42.7. The molecule has 9 heteroatoms. The fourth-order valence-corrected chi connectivity index (χ4v) is 5.51. The molecule has 2 N–H and O–H groups in total. The molecule has 3 heterocycles. The predicted octanol–water partition coefficient (Wildman–Crippen LogP) is 1.09. The van der Waals surface area contributed by atoms with Gasteiger partial charge in [-0.2, -0.15) is 0 Å². The van der Waals surface area contributed by atoms with Crippen molar-refractivity contribution in [2.45, 2.75) is 57.2 Å². The van der Waals surface area contributed by atoms with Gasteiger partial charge in [-0.1, -0.05) is 13.8 Å². The SMILES string of the molecule is CC(C)CC1NC(SCC(=O)N2CCCCC2)C2C(=O)N(C)C(=O)N(C)C2N1. The molecule has 8 nitrogen and oxygen atoms in total. The van der Waals surface area contributed by atoms with Crippen molar-refractivity contribution in [3.05, 3.63) is 0 Å². The number of likely N-dealkylation sites (tertiary alicyclic amines) is 1. The van der Waals surface area contributed by atoms with E-state index in [1.807, 2.05) is 4.90 Å². The third-order valence-electron chi connectivity index (χ3n) is 5.83. The number of hydrogen-bond donors (Lipinski definition) is 2. The number of rotatable bonds is 5. The number of nitrogens with zero attached hydrogens (tertiary/aromatic N) is 3. The van der Waals surface area contributed by atoms with E-state index in [1.54, 1.807) is 11.9 Å². The second-order valence-corrected chi connectivity index (χ2v) is 9.58. The minimum Gasteiger partial charge on any atom is -0.342 e. The minimum atomic E-state index is -0.421. The Labute approximate surface area is 171 Å². The Bertz CT molecular complexity index is 610. The van der Waals surface area contributed by atoms with Crippen LogP contribution in [0.25, 0.3) is 0 Å². The summed E-state index contributed by atoms with van der Waals surface area (Å²) < 4.78 is 0. The molecule has 3 aliphatic heterocycles. The van der Waals surface area contributed by atoms with Crippen molar-refractivity contribution >= 4 is 29.6 Å². The molecule has 4 atom stereocenters. The minimum absolute atomic E-state index is 0.00436. The van der Waals surface area contributed by atoms with Gasteiger partial charge in [-0.05, 0) is 31.6 Å². The van der Waals surface area contributed by atoms with Crippen molar-refractivity contribution in [2.24, 2.45) is 11.8 Å². The highest BCUT2D eigenvalue weighted by molar-refractivity contribution is 8.00. The molecule has 0 saturated carbocycles. The zero-order valence-electron chi connectivity index (χ0n) is 17.3. The summed E-state index contributed by atoms with van der Waals surface area (Å²) in [7, 11) is 3.26. The van der Waals surface area contributed by atoms with Gasteiger partial charge in [0.05, 0.1) is 29.4 Å². The van der Waals surface area contributed by atoms with E-state index in [9.17, 15) is 14.4 Å². The highest BCUT2D eigenvalue weighted by Crippen LogP contribution is 2.32. The first-order chi connectivity index (χ1) is 13.3. The van der Waals surface area contributed by atoms with E-state index in [4.69, 9.17) is 0 Å². The quantitative estimate of drug-likeness (QED) is 0.705. The average molecular weight is 412 g/mol. The third kappa shape index (κ3) is 4.46. The molecule has 0 aliphatic carbocycles. The summed E-state index contributed by atoms with van der Waals surface area (Å²) in [5.74, 6) is 0.340. The van der Waals surface area contributed by atoms with E-state index >= 15 is 0 Å². The van der Waals surface area contributed by atoms with Gasteiger partial charge in [-0.15, -0.1) is 11.8 Å². The molecule has 3 fully saturated rings. The maximum Gasteiger partial charge on any atom is 0.327 e. The molecule has 158 valence electrons. The van der Waals surface area contributed by atoms with Crippen LogP contribution >= 0.6 is 11.8 Å². The molecule has 3 aliphatic rings. The molecule has 0 aromatic carbocycles. The van der Waals surface area contributed by atoms with Crippen LogP contribution in [0.15, 0.2) is 0 Å². The van der Waals surface area contributed by atoms with Crippen LogP contribution < -0.4 is 10.6 Å². The number of hydrogen-bond acceptors (Lipinski definition) is 6. The normalized spacial score (nSPS) is 31.4. The second kappa shape index (κ2) is 9.00. The van der Waals surface area contributed by atoms with Gasteiger partial charge in [0.2, 0.25) is 11.8 Å². The molecule has 0 bridgehead atoms. The summed E-state index contributed by atoms with van der Waals surface area (Å²) in [5.41, 5.74) is 0. The Hall–Kier alpha value is -1.32. The smallest absolute Gasteiger partial charge is 0.327 e. The van der Waals surface area contributed by atoms with Gasteiger partial charge in [0.15, 0.2) is 0 Å². The van der Waals surface area contributed by atoms with E-state index in [0.29, 0.717) is 11.7 Å². The van der Waals surface area contributed by atoms with Gasteiger partial charge < -0.3 is 9.80 Å². The van der Waals surface area contributed by atoms with Crippen molar-refractivity contribution in [3.8, 4) is 0 Å². The average Bonchev–Trinajstić information content (AvgIpc) is 2.68. The van der Waals surface area contributed by atoms with Crippen molar-refractivity contribution in [2.75, 3.05) is 32.9 Å². The third-order valence-corrected chi connectivity index (χ3v) is 7.03. The van der Waals surface area contributed by atoms with Crippen LogP contribution in [-0.2, 0) is 9.59 Å². The van der Waals surface area contributed by atoms with Crippen molar-refractivity contribution in [3.63, 3.8) is 0 Å². The van der Waals surface area contributed by atoms with Crippen LogP contribution in [0.3, 0.4) is 0 Å². The summed E-state index contributed by atoms with van der Waals surface area (Å²) in [5, 5.41) is 6.75. The molecule has 0 aromatic heterocycles. The standard InChI is InChI=1S/C19H33N5O3S/c1-12(2)10-13-20-16-15(18(26)23(4)19(27)22(16)3)17(21-13)28-11-14(25)24-8-6-5-7-9-24/h12-13,15-17,20-21H,5-11H2,1-4H3. The molecule has 0 aromatic rings. The monoisotopic (exact) mass is 411 g/mol. The van der Waals surface area contributed by atoms with Gasteiger partial charge in [0, 0.05) is 27.2 Å². The first-order valence-corrected chi connectivity index (χ1v) is 11.3. The van der Waals surface area contributed by atoms with E-state index in [0.717, 1.165) is 32.4 Å². The van der Waals surface area contributed by atoms with E-state index in [2.05, 4.69) is 24.5 Å². The first kappa shape index (κ1) is 21.4. The van der Waals surface area contributed by atoms with Crippen LogP contribution in [-0.4, -0.2) is 83.2 Å². The van der Waals surface area contributed by atoms with Crippen LogP contribution in [0.1, 0.15) is 39.5 Å². The summed E-state index contributed by atoms with van der Waals surface area (Å²) >= 11 is 1.50. The van der Waals surface area contributed by atoms with Gasteiger partial charge in [-0.25, -0.2) is 4.79 Å². The summed E-state index contributed by atoms with van der Waals surface area (Å²) in [6.45, 7) is 5.96. The fourth-order valence-electron chi connectivity index (χ4n) is 4.27. The maximum atomic E-state index is 12.9. The fraction of sp³-hybridized carbons (Fsp3) is 0.842. The second-order valence-electron chi connectivity index (χ2n) is 8.45. The Morgan fingerprint density at radius 3 is 2.46 bits per heavy atom. The number of carbonyl (C=O) groups excluding carboxylic acids is 3. The number of imide groups is 1. The van der Waals surface area contributed by atoms with E-state index in [1.165, 1.54) is 30.1 Å². The lowest BCUT2D eigenvalue weighted by Crippen LogP contribution is -2.74. The Morgan fingerprint density at radius 2 is 1.82 bits per heavy atom. The topological polar surface area (TPSA) is 85.0 Å². The van der Waals surface area contributed by atoms with E-state index in [-0.39, 0.29) is 35.6 Å². The molecule has 28 heavy (non-hydrogen) atoms. The highest BCUT2D eigenvalue weighted by Gasteiger charge is 2.50. The van der Waals surface area contributed by atoms with Crippen LogP contribution in [0.2, 0.25) is 0 Å². The molecule has 3 saturated heterocycles. The van der Waals surface area contributed by atoms with Crippen LogP contribution in [0.5, 0.6) is 0 Å². The van der Waals surface area contributed by atoms with Gasteiger partial charge in [0.25, 0.3) is 0 Å². The molecule has 4 unspecified atom stereocenters. The Balaban J connectivity index is 1.72. The Kier molecular flexibility index (Phi) is 6.88. The number of urea groups is 1. The van der Waals surface area contributed by atoms with Crippen molar-refractivity contribution < 1.29 is 14.4 Å². The number of piperidine rings is 1. The summed E-state index contributed by atoms with van der Waals surface area (Å²) in [6, 6.07) is -0.294. The van der Waals surface area contributed by atoms with Crippen molar-refractivity contribution in [1.29, 1.82) is 0 Å². The molecule has 4 amide bonds. The van der Waals surface area contributed by atoms with Gasteiger partial charge in [-0.3, -0.25) is 25.1 Å². The van der Waals surface area contributed by atoms with Crippen molar-refractivity contribution in [1.82, 2.24) is 25.3 Å². The lowest BCUT2D eigenvalue weighted by molar-refractivity contribution is -0.140. The lowest BCUT2D eigenvalue weighted by atomic mass is 9.95. The zero-order valence-corrected chi connectivity index (χ0v) is 18.1. The first-order valence-electron chi connectivity index (χ1n) is 10.3. The zero-order chi connectivity index (χ0) is 20.4. The van der Waals surface area contributed by atoms with Gasteiger partial charge in [0.1, 0.15) is 0 Å².